The zero-order chi connectivity index (χ0) is 19.8. The standard InChI is InChI=1S/C22H24N4O2/c1-3-26(16-18-7-5-4-6-8-18)21(27)19-14-24-22(25-15-19)23-13-17-9-11-20(28-2)12-10-17/h4-12,14-15H,3,13,16H2,1-2H3,(H,23,24,25). The fraction of sp³-hybridized carbons (Fsp3) is 0.227. The van der Waals surface area contributed by atoms with Gasteiger partial charge in [-0.1, -0.05) is 42.5 Å². The summed E-state index contributed by atoms with van der Waals surface area (Å²) in [6.45, 7) is 3.73. The summed E-state index contributed by atoms with van der Waals surface area (Å²) >= 11 is 0. The van der Waals surface area contributed by atoms with E-state index in [0.29, 0.717) is 31.1 Å². The van der Waals surface area contributed by atoms with Crippen LogP contribution in [0.25, 0.3) is 0 Å². The molecule has 1 aromatic heterocycles. The van der Waals surface area contributed by atoms with E-state index < -0.39 is 0 Å². The molecule has 144 valence electrons. The maximum atomic E-state index is 12.7. The molecule has 0 fully saturated rings. The molecular formula is C22H24N4O2. The summed E-state index contributed by atoms with van der Waals surface area (Å²) in [5.74, 6) is 1.23. The molecule has 2 aromatic carbocycles. The molecule has 6 heteroatoms. The van der Waals surface area contributed by atoms with Crippen LogP contribution in [0.1, 0.15) is 28.4 Å². The van der Waals surface area contributed by atoms with Gasteiger partial charge < -0.3 is 15.0 Å². The van der Waals surface area contributed by atoms with Crippen LogP contribution in [0, 0.1) is 0 Å². The predicted octanol–water partition coefficient (Wildman–Crippen LogP) is 3.76. The minimum atomic E-state index is -0.0759. The molecule has 1 heterocycles. The number of aromatic nitrogens is 2. The van der Waals surface area contributed by atoms with Gasteiger partial charge in [0.15, 0.2) is 0 Å². The summed E-state index contributed by atoms with van der Waals surface area (Å²) in [7, 11) is 1.64. The Morgan fingerprint density at radius 3 is 2.29 bits per heavy atom. The third-order valence-corrected chi connectivity index (χ3v) is 4.39. The first-order valence-electron chi connectivity index (χ1n) is 9.21. The largest absolute Gasteiger partial charge is 0.497 e. The number of nitrogens with zero attached hydrogens (tertiary/aromatic N) is 3. The molecule has 0 atom stereocenters. The highest BCUT2D eigenvalue weighted by atomic mass is 16.5. The Kier molecular flexibility index (Phi) is 6.57. The molecule has 0 radical (unpaired) electrons. The number of rotatable bonds is 8. The number of ether oxygens (including phenoxy) is 1. The van der Waals surface area contributed by atoms with Crippen LogP contribution in [0.2, 0.25) is 0 Å². The van der Waals surface area contributed by atoms with Gasteiger partial charge in [0, 0.05) is 32.0 Å². The lowest BCUT2D eigenvalue weighted by atomic mass is 10.2. The Morgan fingerprint density at radius 2 is 1.68 bits per heavy atom. The Morgan fingerprint density at radius 1 is 1.00 bits per heavy atom. The number of anilines is 1. The van der Waals surface area contributed by atoms with Gasteiger partial charge in [-0.25, -0.2) is 9.97 Å². The topological polar surface area (TPSA) is 67.4 Å². The molecule has 0 aliphatic heterocycles. The van der Waals surface area contributed by atoms with Crippen LogP contribution in [-0.4, -0.2) is 34.4 Å². The van der Waals surface area contributed by atoms with Gasteiger partial charge >= 0.3 is 0 Å². The summed E-state index contributed by atoms with van der Waals surface area (Å²) in [5, 5.41) is 3.16. The molecule has 0 aliphatic rings. The SMILES string of the molecule is CCN(Cc1ccccc1)C(=O)c1cnc(NCc2ccc(OC)cc2)nc1. The fourth-order valence-corrected chi connectivity index (χ4v) is 2.77. The minimum absolute atomic E-state index is 0.0759. The number of methoxy groups -OCH3 is 1. The zero-order valence-electron chi connectivity index (χ0n) is 16.1. The molecule has 3 rings (SSSR count). The molecule has 1 N–H and O–H groups in total. The molecule has 6 nitrogen and oxygen atoms in total. The first-order valence-corrected chi connectivity index (χ1v) is 9.21. The summed E-state index contributed by atoms with van der Waals surface area (Å²) < 4.78 is 5.15. The average Bonchev–Trinajstić information content (AvgIpc) is 2.77. The van der Waals surface area contributed by atoms with E-state index in [4.69, 9.17) is 4.74 Å². The molecule has 0 bridgehead atoms. The Balaban J connectivity index is 1.59. The highest BCUT2D eigenvalue weighted by Gasteiger charge is 2.15. The van der Waals surface area contributed by atoms with Crippen molar-refractivity contribution in [2.75, 3.05) is 19.0 Å². The van der Waals surface area contributed by atoms with Gasteiger partial charge in [0.2, 0.25) is 5.95 Å². The van der Waals surface area contributed by atoms with Gasteiger partial charge in [0.25, 0.3) is 5.91 Å². The van der Waals surface area contributed by atoms with E-state index in [1.165, 1.54) is 0 Å². The van der Waals surface area contributed by atoms with E-state index in [1.54, 1.807) is 24.4 Å². The normalized spacial score (nSPS) is 10.4. The minimum Gasteiger partial charge on any atom is -0.497 e. The number of hydrogen-bond donors (Lipinski definition) is 1. The van der Waals surface area contributed by atoms with Crippen LogP contribution in [-0.2, 0) is 13.1 Å². The van der Waals surface area contributed by atoms with Crippen molar-refractivity contribution in [2.45, 2.75) is 20.0 Å². The molecular weight excluding hydrogens is 352 g/mol. The highest BCUT2D eigenvalue weighted by Crippen LogP contribution is 2.13. The number of nitrogens with one attached hydrogen (secondary N) is 1. The Bertz CT molecular complexity index is 881. The number of carbonyl (C=O) groups excluding carboxylic acids is 1. The summed E-state index contributed by atoms with van der Waals surface area (Å²) in [5.41, 5.74) is 2.66. The second-order valence-corrected chi connectivity index (χ2v) is 6.30. The summed E-state index contributed by atoms with van der Waals surface area (Å²) in [6.07, 6.45) is 3.14. The second-order valence-electron chi connectivity index (χ2n) is 6.30. The maximum Gasteiger partial charge on any atom is 0.257 e. The van der Waals surface area contributed by atoms with Crippen molar-refractivity contribution in [1.29, 1.82) is 0 Å². The summed E-state index contributed by atoms with van der Waals surface area (Å²) in [6, 6.07) is 17.7. The van der Waals surface area contributed by atoms with Crippen molar-refractivity contribution in [3.8, 4) is 5.75 Å². The van der Waals surface area contributed by atoms with E-state index in [9.17, 15) is 4.79 Å². The van der Waals surface area contributed by atoms with Crippen LogP contribution < -0.4 is 10.1 Å². The third-order valence-electron chi connectivity index (χ3n) is 4.39. The van der Waals surface area contributed by atoms with Crippen molar-refractivity contribution in [3.63, 3.8) is 0 Å². The van der Waals surface area contributed by atoms with Crippen molar-refractivity contribution in [2.24, 2.45) is 0 Å². The molecule has 0 unspecified atom stereocenters. The lowest BCUT2D eigenvalue weighted by Crippen LogP contribution is -2.30. The van der Waals surface area contributed by atoms with Crippen LogP contribution in [0.15, 0.2) is 67.0 Å². The van der Waals surface area contributed by atoms with Gasteiger partial charge in [-0.3, -0.25) is 4.79 Å². The fourth-order valence-electron chi connectivity index (χ4n) is 2.77. The van der Waals surface area contributed by atoms with Crippen LogP contribution in [0.4, 0.5) is 5.95 Å². The average molecular weight is 376 g/mol. The predicted molar refractivity (Wildman–Crippen MR) is 109 cm³/mol. The summed E-state index contributed by atoms with van der Waals surface area (Å²) in [4.78, 5) is 23.1. The van der Waals surface area contributed by atoms with E-state index in [2.05, 4.69) is 15.3 Å². The smallest absolute Gasteiger partial charge is 0.257 e. The van der Waals surface area contributed by atoms with Crippen molar-refractivity contribution in [1.82, 2.24) is 14.9 Å². The number of carbonyl (C=O) groups is 1. The van der Waals surface area contributed by atoms with E-state index in [0.717, 1.165) is 16.9 Å². The first-order chi connectivity index (χ1) is 13.7. The van der Waals surface area contributed by atoms with Crippen molar-refractivity contribution < 1.29 is 9.53 Å². The van der Waals surface area contributed by atoms with Crippen LogP contribution in [0.3, 0.4) is 0 Å². The van der Waals surface area contributed by atoms with Gasteiger partial charge in [0.05, 0.1) is 12.7 Å². The van der Waals surface area contributed by atoms with E-state index in [-0.39, 0.29) is 5.91 Å². The van der Waals surface area contributed by atoms with Gasteiger partial charge in [-0.05, 0) is 30.2 Å². The molecule has 3 aromatic rings. The Hall–Kier alpha value is -3.41. The first kappa shape index (κ1) is 19.4. The Labute approximate surface area is 165 Å². The molecule has 28 heavy (non-hydrogen) atoms. The van der Waals surface area contributed by atoms with Gasteiger partial charge in [0.1, 0.15) is 5.75 Å². The highest BCUT2D eigenvalue weighted by molar-refractivity contribution is 5.93. The maximum absolute atomic E-state index is 12.7. The van der Waals surface area contributed by atoms with Crippen LogP contribution in [0.5, 0.6) is 5.75 Å². The third kappa shape index (κ3) is 5.07. The van der Waals surface area contributed by atoms with E-state index in [1.807, 2.05) is 61.5 Å². The molecule has 0 aliphatic carbocycles. The molecule has 0 saturated heterocycles. The van der Waals surface area contributed by atoms with Gasteiger partial charge in [-0.15, -0.1) is 0 Å². The lowest BCUT2D eigenvalue weighted by molar-refractivity contribution is 0.0751. The number of amides is 1. The van der Waals surface area contributed by atoms with E-state index >= 15 is 0 Å². The van der Waals surface area contributed by atoms with Gasteiger partial charge in [-0.2, -0.15) is 0 Å². The molecule has 1 amide bonds. The zero-order valence-corrected chi connectivity index (χ0v) is 16.1. The van der Waals surface area contributed by atoms with Crippen molar-refractivity contribution >= 4 is 11.9 Å². The molecule has 0 saturated carbocycles. The monoisotopic (exact) mass is 376 g/mol. The number of benzene rings is 2. The number of hydrogen-bond acceptors (Lipinski definition) is 5. The van der Waals surface area contributed by atoms with Crippen molar-refractivity contribution in [3.05, 3.63) is 83.7 Å². The quantitative estimate of drug-likeness (QED) is 0.648. The molecule has 0 spiro atoms. The lowest BCUT2D eigenvalue weighted by Gasteiger charge is -2.20. The second kappa shape index (κ2) is 9.50. The van der Waals surface area contributed by atoms with Crippen LogP contribution >= 0.6 is 0 Å².